The van der Waals surface area contributed by atoms with E-state index in [1.54, 1.807) is 32.0 Å². The largest absolute Gasteiger partial charge is 0.359 e. The molecular formula is C11H17O3P. The Morgan fingerprint density at radius 3 is 2.60 bits per heavy atom. The predicted molar refractivity (Wildman–Crippen MR) is 61.5 cm³/mol. The molecule has 0 spiro atoms. The smallest absolute Gasteiger partial charge is 0.321 e. The fourth-order valence-electron chi connectivity index (χ4n) is 1.26. The fourth-order valence-corrected chi connectivity index (χ4v) is 2.80. The molecule has 0 fully saturated rings. The molecule has 0 aliphatic heterocycles. The van der Waals surface area contributed by atoms with Gasteiger partial charge in [0.1, 0.15) is 0 Å². The van der Waals surface area contributed by atoms with Crippen LogP contribution in [0.2, 0.25) is 0 Å². The van der Waals surface area contributed by atoms with Crippen LogP contribution in [0.15, 0.2) is 24.3 Å². The monoisotopic (exact) mass is 228 g/mol. The van der Waals surface area contributed by atoms with Crippen molar-refractivity contribution in [2.24, 2.45) is 0 Å². The Morgan fingerprint density at radius 1 is 1.47 bits per heavy atom. The molecule has 84 valence electrons. The van der Waals surface area contributed by atoms with Gasteiger partial charge in [-0.05, 0) is 31.9 Å². The third kappa shape index (κ3) is 3.16. The van der Waals surface area contributed by atoms with Crippen molar-refractivity contribution in [3.05, 3.63) is 29.8 Å². The maximum absolute atomic E-state index is 11.9. The molecule has 1 aromatic rings. The van der Waals surface area contributed by atoms with Gasteiger partial charge in [-0.15, -0.1) is 0 Å². The van der Waals surface area contributed by atoms with Gasteiger partial charge in [0.2, 0.25) is 0 Å². The first-order chi connectivity index (χ1) is 6.97. The number of benzene rings is 1. The van der Waals surface area contributed by atoms with Gasteiger partial charge < -0.3 is 9.42 Å². The van der Waals surface area contributed by atoms with E-state index in [0.717, 1.165) is 12.0 Å². The van der Waals surface area contributed by atoms with E-state index in [2.05, 4.69) is 0 Å². The molecule has 0 bridgehead atoms. The zero-order chi connectivity index (χ0) is 11.5. The van der Waals surface area contributed by atoms with Crippen LogP contribution in [-0.2, 0) is 9.09 Å². The molecule has 0 aliphatic rings. The Morgan fingerprint density at radius 2 is 2.07 bits per heavy atom. The van der Waals surface area contributed by atoms with Crippen LogP contribution in [0.1, 0.15) is 25.8 Å². The van der Waals surface area contributed by atoms with Gasteiger partial charge in [-0.3, -0.25) is 4.57 Å². The minimum Gasteiger partial charge on any atom is -0.321 e. The summed E-state index contributed by atoms with van der Waals surface area (Å²) >= 11 is 0. The summed E-state index contributed by atoms with van der Waals surface area (Å²) in [5, 5.41) is 0.394. The molecule has 2 unspecified atom stereocenters. The van der Waals surface area contributed by atoms with Crippen LogP contribution < -0.4 is 5.30 Å². The molecule has 1 rings (SSSR count). The lowest BCUT2D eigenvalue weighted by Crippen LogP contribution is -2.14. The highest BCUT2D eigenvalue weighted by Crippen LogP contribution is 2.43. The van der Waals surface area contributed by atoms with Gasteiger partial charge >= 0.3 is 7.60 Å². The maximum atomic E-state index is 11.9. The average molecular weight is 228 g/mol. The van der Waals surface area contributed by atoms with E-state index in [1.807, 2.05) is 13.0 Å². The van der Waals surface area contributed by atoms with Crippen LogP contribution in [0.25, 0.3) is 0 Å². The van der Waals surface area contributed by atoms with Crippen molar-refractivity contribution in [2.45, 2.75) is 33.3 Å². The summed E-state index contributed by atoms with van der Waals surface area (Å²) in [6, 6.07) is 7.02. The number of hydrogen-bond donors (Lipinski definition) is 1. The van der Waals surface area contributed by atoms with Gasteiger partial charge in [-0.1, -0.05) is 25.1 Å². The molecule has 0 aliphatic carbocycles. The van der Waals surface area contributed by atoms with E-state index in [-0.39, 0.29) is 6.10 Å². The van der Waals surface area contributed by atoms with Crippen molar-refractivity contribution in [3.8, 4) is 0 Å². The lowest BCUT2D eigenvalue weighted by Gasteiger charge is -2.18. The molecule has 0 amide bonds. The third-order valence-electron chi connectivity index (χ3n) is 2.32. The Labute approximate surface area is 90.6 Å². The Bertz CT molecular complexity index is 376. The van der Waals surface area contributed by atoms with Gasteiger partial charge in [-0.25, -0.2) is 0 Å². The van der Waals surface area contributed by atoms with E-state index < -0.39 is 7.60 Å². The Kier molecular flexibility index (Phi) is 4.09. The van der Waals surface area contributed by atoms with Crippen molar-refractivity contribution in [1.29, 1.82) is 0 Å². The molecule has 0 heterocycles. The highest BCUT2D eigenvalue weighted by molar-refractivity contribution is 7.61. The topological polar surface area (TPSA) is 46.5 Å². The van der Waals surface area contributed by atoms with E-state index in [1.165, 1.54) is 0 Å². The van der Waals surface area contributed by atoms with Gasteiger partial charge in [0.15, 0.2) is 0 Å². The lowest BCUT2D eigenvalue weighted by molar-refractivity contribution is 0.192. The van der Waals surface area contributed by atoms with Crippen molar-refractivity contribution in [2.75, 3.05) is 0 Å². The van der Waals surface area contributed by atoms with Crippen molar-refractivity contribution >= 4 is 12.9 Å². The average Bonchev–Trinajstić information content (AvgIpc) is 2.17. The second-order valence-electron chi connectivity index (χ2n) is 3.63. The van der Waals surface area contributed by atoms with Crippen molar-refractivity contribution < 1.29 is 14.0 Å². The van der Waals surface area contributed by atoms with Crippen LogP contribution in [-0.4, -0.2) is 11.0 Å². The SMILES string of the molecule is CCC(C)OP(=O)(O)c1ccccc1C. The summed E-state index contributed by atoms with van der Waals surface area (Å²) in [7, 11) is -3.66. The Hall–Kier alpha value is -0.630. The van der Waals surface area contributed by atoms with E-state index in [4.69, 9.17) is 4.52 Å². The molecule has 0 radical (unpaired) electrons. The summed E-state index contributed by atoms with van der Waals surface area (Å²) in [4.78, 5) is 9.80. The molecule has 2 atom stereocenters. The molecule has 0 saturated carbocycles. The highest BCUT2D eigenvalue weighted by Gasteiger charge is 2.26. The van der Waals surface area contributed by atoms with E-state index >= 15 is 0 Å². The first-order valence-electron chi connectivity index (χ1n) is 5.04. The van der Waals surface area contributed by atoms with Gasteiger partial charge in [-0.2, -0.15) is 0 Å². The minimum absolute atomic E-state index is 0.208. The molecule has 15 heavy (non-hydrogen) atoms. The van der Waals surface area contributed by atoms with E-state index in [9.17, 15) is 9.46 Å². The van der Waals surface area contributed by atoms with Gasteiger partial charge in [0.25, 0.3) is 0 Å². The summed E-state index contributed by atoms with van der Waals surface area (Å²) in [5.74, 6) is 0. The highest BCUT2D eigenvalue weighted by atomic mass is 31.2. The zero-order valence-electron chi connectivity index (χ0n) is 9.30. The van der Waals surface area contributed by atoms with Crippen LogP contribution in [0.3, 0.4) is 0 Å². The first kappa shape index (κ1) is 12.4. The molecule has 3 nitrogen and oxygen atoms in total. The molecule has 0 aromatic heterocycles. The third-order valence-corrected chi connectivity index (χ3v) is 4.07. The van der Waals surface area contributed by atoms with Gasteiger partial charge in [0.05, 0.1) is 11.4 Å². The molecular weight excluding hydrogens is 211 g/mol. The molecule has 0 saturated heterocycles. The predicted octanol–water partition coefficient (Wildman–Crippen LogP) is 2.62. The maximum Gasteiger partial charge on any atom is 0.359 e. The Balaban J connectivity index is 2.96. The summed E-state index contributed by atoms with van der Waals surface area (Å²) in [6.07, 6.45) is 0.511. The fraction of sp³-hybridized carbons (Fsp3) is 0.455. The zero-order valence-corrected chi connectivity index (χ0v) is 10.2. The van der Waals surface area contributed by atoms with Crippen LogP contribution >= 0.6 is 7.60 Å². The first-order valence-corrected chi connectivity index (χ1v) is 6.62. The number of aryl methyl sites for hydroxylation is 1. The van der Waals surface area contributed by atoms with Crippen LogP contribution in [0.5, 0.6) is 0 Å². The number of rotatable bonds is 4. The quantitative estimate of drug-likeness (QED) is 0.806. The lowest BCUT2D eigenvalue weighted by atomic mass is 10.2. The summed E-state index contributed by atoms with van der Waals surface area (Å²) in [5.41, 5.74) is 0.784. The van der Waals surface area contributed by atoms with E-state index in [0.29, 0.717) is 5.30 Å². The number of hydrogen-bond acceptors (Lipinski definition) is 2. The molecule has 1 N–H and O–H groups in total. The van der Waals surface area contributed by atoms with Crippen molar-refractivity contribution in [1.82, 2.24) is 0 Å². The second kappa shape index (κ2) is 4.93. The second-order valence-corrected chi connectivity index (χ2v) is 5.36. The summed E-state index contributed by atoms with van der Waals surface area (Å²) in [6.45, 7) is 5.52. The minimum atomic E-state index is -3.66. The van der Waals surface area contributed by atoms with Crippen LogP contribution in [0, 0.1) is 6.92 Å². The standard InChI is InChI=1S/C11H17O3P/c1-4-10(3)14-15(12,13)11-8-6-5-7-9(11)2/h5-8,10H,4H2,1-3H3,(H,12,13). The molecule has 4 heteroatoms. The van der Waals surface area contributed by atoms with Crippen LogP contribution in [0.4, 0.5) is 0 Å². The van der Waals surface area contributed by atoms with Gasteiger partial charge in [0, 0.05) is 0 Å². The molecule has 1 aromatic carbocycles. The van der Waals surface area contributed by atoms with Crippen molar-refractivity contribution in [3.63, 3.8) is 0 Å². The normalized spacial score (nSPS) is 17.1. The summed E-state index contributed by atoms with van der Waals surface area (Å²) < 4.78 is 17.1.